The highest BCUT2D eigenvalue weighted by Gasteiger charge is 2.32. The number of carbonyl (C=O) groups excluding carboxylic acids is 1. The number of rotatable bonds is 3. The second-order valence-electron chi connectivity index (χ2n) is 6.27. The van der Waals surface area contributed by atoms with Gasteiger partial charge in [-0.25, -0.2) is 8.78 Å². The number of benzene rings is 2. The van der Waals surface area contributed by atoms with Crippen molar-refractivity contribution in [3.8, 4) is 11.1 Å². The van der Waals surface area contributed by atoms with Crippen LogP contribution in [0.3, 0.4) is 0 Å². The van der Waals surface area contributed by atoms with Crippen molar-refractivity contribution in [2.75, 3.05) is 14.1 Å². The highest BCUT2D eigenvalue weighted by molar-refractivity contribution is 5.81. The molecule has 3 nitrogen and oxygen atoms in total. The summed E-state index contributed by atoms with van der Waals surface area (Å²) >= 11 is 0. The smallest absolute Gasteiger partial charge is 0.239 e. The van der Waals surface area contributed by atoms with Crippen LogP contribution in [0.5, 0.6) is 0 Å². The molecule has 126 valence electrons. The molecule has 24 heavy (non-hydrogen) atoms. The fourth-order valence-electron chi connectivity index (χ4n) is 3.20. The van der Waals surface area contributed by atoms with Crippen molar-refractivity contribution in [1.29, 1.82) is 0 Å². The van der Waals surface area contributed by atoms with Crippen molar-refractivity contribution in [3.63, 3.8) is 0 Å². The summed E-state index contributed by atoms with van der Waals surface area (Å²) in [5.41, 5.74) is 0.968. The van der Waals surface area contributed by atoms with E-state index in [0.29, 0.717) is 18.4 Å². The van der Waals surface area contributed by atoms with E-state index >= 15 is 0 Å². The average Bonchev–Trinajstić information content (AvgIpc) is 3.04. The van der Waals surface area contributed by atoms with Crippen LogP contribution in [0.15, 0.2) is 42.5 Å². The van der Waals surface area contributed by atoms with Crippen LogP contribution in [-0.4, -0.2) is 30.9 Å². The normalized spacial score (nSPS) is 20.2. The Labute approximate surface area is 140 Å². The molecule has 0 aromatic heterocycles. The molecule has 3 rings (SSSR count). The Kier molecular flexibility index (Phi) is 4.62. The lowest BCUT2D eigenvalue weighted by Gasteiger charge is -2.19. The van der Waals surface area contributed by atoms with Gasteiger partial charge in [-0.2, -0.15) is 0 Å². The van der Waals surface area contributed by atoms with Gasteiger partial charge in [-0.15, -0.1) is 0 Å². The third kappa shape index (κ3) is 3.04. The summed E-state index contributed by atoms with van der Waals surface area (Å²) in [5.74, 6) is -0.894. The van der Waals surface area contributed by atoms with Gasteiger partial charge in [-0.3, -0.25) is 10.1 Å². The number of nitrogens with one attached hydrogen (secondary N) is 1. The summed E-state index contributed by atoms with van der Waals surface area (Å²) in [4.78, 5) is 13.6. The molecule has 0 aliphatic carbocycles. The van der Waals surface area contributed by atoms with E-state index in [-0.39, 0.29) is 29.1 Å². The number of nitrogens with zero attached hydrogens (tertiary/aromatic N) is 1. The minimum atomic E-state index is -0.450. The predicted octanol–water partition coefficient (Wildman–Crippen LogP) is 3.51. The molecule has 1 aliphatic heterocycles. The maximum absolute atomic E-state index is 15.0. The Bertz CT molecular complexity index is 761. The van der Waals surface area contributed by atoms with E-state index in [1.165, 1.54) is 11.0 Å². The summed E-state index contributed by atoms with van der Waals surface area (Å²) in [5, 5.41) is 3.20. The van der Waals surface area contributed by atoms with Gasteiger partial charge in [0, 0.05) is 36.8 Å². The van der Waals surface area contributed by atoms with E-state index in [2.05, 4.69) is 5.32 Å². The topological polar surface area (TPSA) is 32.3 Å². The van der Waals surface area contributed by atoms with Gasteiger partial charge in [-0.1, -0.05) is 36.4 Å². The summed E-state index contributed by atoms with van der Waals surface area (Å²) in [6, 6.07) is 10.6. The van der Waals surface area contributed by atoms with Crippen molar-refractivity contribution in [2.24, 2.45) is 0 Å². The molecule has 0 saturated carbocycles. The molecule has 1 amide bonds. The van der Waals surface area contributed by atoms with Gasteiger partial charge in [0.15, 0.2) is 0 Å². The monoisotopic (exact) mass is 330 g/mol. The lowest BCUT2D eigenvalue weighted by Crippen LogP contribution is -2.40. The zero-order valence-electron chi connectivity index (χ0n) is 13.7. The van der Waals surface area contributed by atoms with Gasteiger partial charge < -0.3 is 4.90 Å². The van der Waals surface area contributed by atoms with Gasteiger partial charge in [0.25, 0.3) is 0 Å². The number of hydrogen-bond acceptors (Lipinski definition) is 2. The van der Waals surface area contributed by atoms with Crippen molar-refractivity contribution in [2.45, 2.75) is 24.9 Å². The zero-order chi connectivity index (χ0) is 17.3. The Morgan fingerprint density at radius 2 is 1.75 bits per heavy atom. The van der Waals surface area contributed by atoms with Crippen molar-refractivity contribution in [3.05, 3.63) is 59.7 Å². The first-order chi connectivity index (χ1) is 11.5. The maximum Gasteiger partial charge on any atom is 0.239 e. The molecular weight excluding hydrogens is 310 g/mol. The fraction of sp³-hybridized carbons (Fsp3) is 0.316. The van der Waals surface area contributed by atoms with E-state index < -0.39 is 11.6 Å². The van der Waals surface area contributed by atoms with Crippen LogP contribution in [0, 0.1) is 11.6 Å². The van der Waals surface area contributed by atoms with Crippen LogP contribution >= 0.6 is 0 Å². The van der Waals surface area contributed by atoms with E-state index in [1.54, 1.807) is 50.5 Å². The standard InChI is InChI=1S/C19H20F2N2O/c1-23(2)19(24)17-11-10-16(22-17)14-8-5-7-13(18(14)21)12-6-3-4-9-15(12)20/h3-9,16-17,22H,10-11H2,1-2H3. The molecule has 2 aromatic rings. The Hall–Kier alpha value is -2.27. The SMILES string of the molecule is CN(C)C(=O)C1CCC(c2cccc(-c3ccccc3F)c2F)N1. The Morgan fingerprint density at radius 3 is 2.46 bits per heavy atom. The highest BCUT2D eigenvalue weighted by Crippen LogP contribution is 2.34. The average molecular weight is 330 g/mol. The second kappa shape index (κ2) is 6.69. The van der Waals surface area contributed by atoms with E-state index in [0.717, 1.165) is 0 Å². The molecule has 1 heterocycles. The van der Waals surface area contributed by atoms with Gasteiger partial charge in [0.05, 0.1) is 6.04 Å². The lowest BCUT2D eigenvalue weighted by molar-refractivity contribution is -0.130. The fourth-order valence-corrected chi connectivity index (χ4v) is 3.20. The first kappa shape index (κ1) is 16.6. The van der Waals surface area contributed by atoms with Gasteiger partial charge in [0.2, 0.25) is 5.91 Å². The molecule has 0 radical (unpaired) electrons. The van der Waals surface area contributed by atoms with Gasteiger partial charge in [-0.05, 0) is 18.9 Å². The van der Waals surface area contributed by atoms with E-state index in [4.69, 9.17) is 0 Å². The number of carbonyl (C=O) groups is 1. The Balaban J connectivity index is 1.90. The van der Waals surface area contributed by atoms with Crippen LogP contribution in [-0.2, 0) is 4.79 Å². The summed E-state index contributed by atoms with van der Waals surface area (Å²) in [6.07, 6.45) is 1.33. The third-order valence-electron chi connectivity index (χ3n) is 4.45. The zero-order valence-corrected chi connectivity index (χ0v) is 13.7. The molecule has 0 bridgehead atoms. The number of halogens is 2. The molecule has 2 unspecified atom stereocenters. The van der Waals surface area contributed by atoms with E-state index in [1.807, 2.05) is 0 Å². The predicted molar refractivity (Wildman–Crippen MR) is 89.4 cm³/mol. The van der Waals surface area contributed by atoms with Crippen LogP contribution < -0.4 is 5.32 Å². The van der Waals surface area contributed by atoms with E-state index in [9.17, 15) is 13.6 Å². The first-order valence-electron chi connectivity index (χ1n) is 7.99. The van der Waals surface area contributed by atoms with Crippen LogP contribution in [0.2, 0.25) is 0 Å². The molecule has 1 saturated heterocycles. The van der Waals surface area contributed by atoms with Crippen LogP contribution in [0.25, 0.3) is 11.1 Å². The van der Waals surface area contributed by atoms with Crippen molar-refractivity contribution >= 4 is 5.91 Å². The van der Waals surface area contributed by atoms with Crippen molar-refractivity contribution < 1.29 is 13.6 Å². The highest BCUT2D eigenvalue weighted by atomic mass is 19.1. The first-order valence-corrected chi connectivity index (χ1v) is 7.99. The summed E-state index contributed by atoms with van der Waals surface area (Å²) in [6.45, 7) is 0. The minimum Gasteiger partial charge on any atom is -0.347 e. The summed E-state index contributed by atoms with van der Waals surface area (Å²) < 4.78 is 29.0. The molecular formula is C19H20F2N2O. The molecule has 1 fully saturated rings. The second-order valence-corrected chi connectivity index (χ2v) is 6.27. The maximum atomic E-state index is 15.0. The third-order valence-corrected chi connectivity index (χ3v) is 4.45. The van der Waals surface area contributed by atoms with Gasteiger partial charge in [0.1, 0.15) is 11.6 Å². The van der Waals surface area contributed by atoms with Crippen molar-refractivity contribution in [1.82, 2.24) is 10.2 Å². The van der Waals surface area contributed by atoms with Gasteiger partial charge >= 0.3 is 0 Å². The number of hydrogen-bond donors (Lipinski definition) is 1. The number of amides is 1. The molecule has 1 aliphatic rings. The molecule has 5 heteroatoms. The number of likely N-dealkylation sites (N-methyl/N-ethyl adjacent to an activating group) is 1. The largest absolute Gasteiger partial charge is 0.347 e. The summed E-state index contributed by atoms with van der Waals surface area (Å²) in [7, 11) is 3.41. The minimum absolute atomic E-state index is 0.0110. The quantitative estimate of drug-likeness (QED) is 0.934. The Morgan fingerprint density at radius 1 is 1.04 bits per heavy atom. The lowest BCUT2D eigenvalue weighted by atomic mass is 9.97. The van der Waals surface area contributed by atoms with Crippen LogP contribution in [0.1, 0.15) is 24.4 Å². The molecule has 2 aromatic carbocycles. The molecule has 1 N–H and O–H groups in total. The molecule has 0 spiro atoms. The van der Waals surface area contributed by atoms with Crippen LogP contribution in [0.4, 0.5) is 8.78 Å². The molecule has 2 atom stereocenters.